The number of amides is 2. The lowest BCUT2D eigenvalue weighted by Gasteiger charge is -2.22. The number of fused-ring (bicyclic) bond motifs is 3. The van der Waals surface area contributed by atoms with E-state index in [1.807, 2.05) is 53.8 Å². The van der Waals surface area contributed by atoms with E-state index in [9.17, 15) is 23.2 Å². The molecule has 0 aromatic heterocycles. The van der Waals surface area contributed by atoms with Crippen molar-refractivity contribution in [2.75, 3.05) is 6.61 Å². The average molecular weight is 446 g/mol. The van der Waals surface area contributed by atoms with Gasteiger partial charge in [-0.3, -0.25) is 9.59 Å². The van der Waals surface area contributed by atoms with Crippen molar-refractivity contribution < 1.29 is 33.0 Å². The van der Waals surface area contributed by atoms with Gasteiger partial charge in [-0.1, -0.05) is 55.5 Å². The van der Waals surface area contributed by atoms with Crippen LogP contribution < -0.4 is 10.6 Å². The minimum Gasteiger partial charge on any atom is -0.481 e. The Hall–Kier alpha value is -3.49. The van der Waals surface area contributed by atoms with Crippen LogP contribution in [-0.4, -0.2) is 48.2 Å². The molecule has 170 valence electrons. The monoisotopic (exact) mass is 446 g/mol. The lowest BCUT2D eigenvalue weighted by Crippen LogP contribution is -2.51. The zero-order valence-corrected chi connectivity index (χ0v) is 17.4. The molecule has 0 spiro atoms. The Balaban J connectivity index is 1.61. The minimum absolute atomic E-state index is 0.0383. The van der Waals surface area contributed by atoms with Gasteiger partial charge in [-0.25, -0.2) is 13.6 Å². The summed E-state index contributed by atoms with van der Waals surface area (Å²) in [5.41, 5.74) is 4.19. The van der Waals surface area contributed by atoms with E-state index < -0.39 is 42.9 Å². The van der Waals surface area contributed by atoms with Crippen LogP contribution in [0.1, 0.15) is 36.8 Å². The molecule has 0 heterocycles. The molecule has 32 heavy (non-hydrogen) atoms. The number of nitrogens with one attached hydrogen (secondary N) is 2. The fourth-order valence-electron chi connectivity index (χ4n) is 3.81. The molecule has 0 fully saturated rings. The van der Waals surface area contributed by atoms with Gasteiger partial charge in [-0.05, 0) is 28.7 Å². The standard InChI is InChI=1S/C23H24F2N2O5/c1-2-18(22(30)26-19(21(24)25)11-20(28)29)27-23(31)32-12-17-15-9-5-3-7-13(15)14-8-4-6-10-16(14)17/h3-10,17-19,21H,2,11-12H2,1H3,(H,26,30)(H,27,31)(H,28,29). The topological polar surface area (TPSA) is 105 Å². The fourth-order valence-corrected chi connectivity index (χ4v) is 3.81. The zero-order valence-electron chi connectivity index (χ0n) is 17.4. The van der Waals surface area contributed by atoms with E-state index in [4.69, 9.17) is 9.84 Å². The molecule has 0 saturated carbocycles. The molecule has 0 radical (unpaired) electrons. The summed E-state index contributed by atoms with van der Waals surface area (Å²) in [5.74, 6) is -2.53. The maximum atomic E-state index is 13.0. The number of alkyl halides is 2. The number of aliphatic carboxylic acids is 1. The number of hydrogen-bond acceptors (Lipinski definition) is 4. The van der Waals surface area contributed by atoms with Gasteiger partial charge in [-0.2, -0.15) is 0 Å². The number of hydrogen-bond donors (Lipinski definition) is 3. The van der Waals surface area contributed by atoms with Crippen molar-refractivity contribution in [1.29, 1.82) is 0 Å². The number of carbonyl (C=O) groups is 3. The number of carboxylic acid groups (broad SMARTS) is 1. The molecule has 2 atom stereocenters. The first-order valence-electron chi connectivity index (χ1n) is 10.2. The van der Waals surface area contributed by atoms with Crippen molar-refractivity contribution in [1.82, 2.24) is 10.6 Å². The largest absolute Gasteiger partial charge is 0.481 e. The molecular formula is C23H24F2N2O5. The van der Waals surface area contributed by atoms with Crippen molar-refractivity contribution in [2.45, 2.75) is 44.2 Å². The molecule has 2 amide bonds. The maximum Gasteiger partial charge on any atom is 0.407 e. The molecule has 3 rings (SSSR count). The molecule has 3 N–H and O–H groups in total. The molecule has 1 aliphatic carbocycles. The third-order valence-corrected chi connectivity index (χ3v) is 5.39. The zero-order chi connectivity index (χ0) is 23.3. The van der Waals surface area contributed by atoms with Crippen LogP contribution in [0, 0.1) is 0 Å². The summed E-state index contributed by atoms with van der Waals surface area (Å²) in [5, 5.41) is 13.1. The first-order valence-corrected chi connectivity index (χ1v) is 10.2. The van der Waals surface area contributed by atoms with Gasteiger partial charge in [0, 0.05) is 5.92 Å². The molecular weight excluding hydrogens is 422 g/mol. The molecule has 0 saturated heterocycles. The van der Waals surface area contributed by atoms with Gasteiger partial charge in [0.1, 0.15) is 18.7 Å². The van der Waals surface area contributed by atoms with E-state index in [-0.39, 0.29) is 18.9 Å². The van der Waals surface area contributed by atoms with Gasteiger partial charge in [0.15, 0.2) is 0 Å². The van der Waals surface area contributed by atoms with E-state index in [0.717, 1.165) is 22.3 Å². The van der Waals surface area contributed by atoms with Crippen LogP contribution in [0.3, 0.4) is 0 Å². The van der Waals surface area contributed by atoms with Crippen molar-refractivity contribution in [2.24, 2.45) is 0 Å². The third-order valence-electron chi connectivity index (χ3n) is 5.39. The summed E-state index contributed by atoms with van der Waals surface area (Å²) in [6.07, 6.45) is -4.73. The number of carbonyl (C=O) groups excluding carboxylic acids is 2. The van der Waals surface area contributed by atoms with Gasteiger partial charge in [0.25, 0.3) is 6.43 Å². The van der Waals surface area contributed by atoms with Crippen molar-refractivity contribution in [3.05, 3.63) is 59.7 Å². The van der Waals surface area contributed by atoms with Crippen molar-refractivity contribution in [3.8, 4) is 11.1 Å². The second-order valence-corrected chi connectivity index (χ2v) is 7.48. The Labute approximate surface area is 183 Å². The highest BCUT2D eigenvalue weighted by atomic mass is 19.3. The SMILES string of the molecule is CCC(NC(=O)OCC1c2ccccc2-c2ccccc21)C(=O)NC(CC(=O)O)C(F)F. The highest BCUT2D eigenvalue weighted by Crippen LogP contribution is 2.44. The second kappa shape index (κ2) is 10.2. The van der Waals surface area contributed by atoms with Crippen LogP contribution in [0.15, 0.2) is 48.5 Å². The first kappa shape index (κ1) is 23.2. The summed E-state index contributed by atoms with van der Waals surface area (Å²) in [6.45, 7) is 1.62. The Morgan fingerprint density at radius 2 is 1.56 bits per heavy atom. The highest BCUT2D eigenvalue weighted by molar-refractivity contribution is 5.86. The van der Waals surface area contributed by atoms with Crippen LogP contribution in [0.5, 0.6) is 0 Å². The van der Waals surface area contributed by atoms with Crippen LogP contribution in [0.25, 0.3) is 11.1 Å². The Bertz CT molecular complexity index is 952. The second-order valence-electron chi connectivity index (χ2n) is 7.48. The molecule has 7 nitrogen and oxygen atoms in total. The predicted octanol–water partition coefficient (Wildman–Crippen LogP) is 3.53. The molecule has 2 aromatic rings. The van der Waals surface area contributed by atoms with Gasteiger partial charge in [0.2, 0.25) is 5.91 Å². The first-order chi connectivity index (χ1) is 15.3. The summed E-state index contributed by atoms with van der Waals surface area (Å²) in [7, 11) is 0. The maximum absolute atomic E-state index is 13.0. The number of alkyl carbamates (subject to hydrolysis) is 1. The summed E-state index contributed by atoms with van der Waals surface area (Å²) < 4.78 is 31.4. The van der Waals surface area contributed by atoms with Gasteiger partial charge in [0.05, 0.1) is 6.42 Å². The normalized spacial score (nSPS) is 14.2. The Morgan fingerprint density at radius 1 is 1.00 bits per heavy atom. The fraction of sp³-hybridized carbons (Fsp3) is 0.348. The quantitative estimate of drug-likeness (QED) is 0.547. The van der Waals surface area contributed by atoms with E-state index >= 15 is 0 Å². The molecule has 2 aromatic carbocycles. The Kier molecular flexibility index (Phi) is 7.40. The lowest BCUT2D eigenvalue weighted by atomic mass is 9.98. The number of halogens is 2. The van der Waals surface area contributed by atoms with Crippen molar-refractivity contribution >= 4 is 18.0 Å². The molecule has 1 aliphatic rings. The highest BCUT2D eigenvalue weighted by Gasteiger charge is 2.31. The van der Waals surface area contributed by atoms with Gasteiger partial charge < -0.3 is 20.5 Å². The molecule has 0 aliphatic heterocycles. The number of carboxylic acids is 1. The van der Waals surface area contributed by atoms with E-state index in [1.54, 1.807) is 6.92 Å². The molecule has 2 unspecified atom stereocenters. The molecule has 9 heteroatoms. The third kappa shape index (κ3) is 5.22. The smallest absolute Gasteiger partial charge is 0.407 e. The van der Waals surface area contributed by atoms with Crippen LogP contribution in [0.2, 0.25) is 0 Å². The van der Waals surface area contributed by atoms with Crippen LogP contribution >= 0.6 is 0 Å². The van der Waals surface area contributed by atoms with E-state index in [0.29, 0.717) is 0 Å². The molecule has 0 bridgehead atoms. The van der Waals surface area contributed by atoms with Crippen LogP contribution in [0.4, 0.5) is 13.6 Å². The number of rotatable bonds is 9. The number of ether oxygens (including phenoxy) is 1. The van der Waals surface area contributed by atoms with Crippen LogP contribution in [-0.2, 0) is 14.3 Å². The van der Waals surface area contributed by atoms with Crippen molar-refractivity contribution in [3.63, 3.8) is 0 Å². The van der Waals surface area contributed by atoms with E-state index in [1.165, 1.54) is 0 Å². The minimum atomic E-state index is -3.05. The van der Waals surface area contributed by atoms with E-state index in [2.05, 4.69) is 5.32 Å². The number of benzene rings is 2. The van der Waals surface area contributed by atoms with Gasteiger partial charge >= 0.3 is 12.1 Å². The van der Waals surface area contributed by atoms with Gasteiger partial charge in [-0.15, -0.1) is 0 Å². The predicted molar refractivity (Wildman–Crippen MR) is 112 cm³/mol. The summed E-state index contributed by atoms with van der Waals surface area (Å²) in [4.78, 5) is 35.4. The lowest BCUT2D eigenvalue weighted by molar-refractivity contribution is -0.139. The average Bonchev–Trinajstić information content (AvgIpc) is 3.09. The summed E-state index contributed by atoms with van der Waals surface area (Å²) >= 11 is 0. The summed E-state index contributed by atoms with van der Waals surface area (Å²) in [6, 6.07) is 12.6. The Morgan fingerprint density at radius 3 is 2.06 bits per heavy atom.